The Bertz CT molecular complexity index is 1100. The molecular formula is C17H11ClFN7O. The molecule has 0 spiro atoms. The third kappa shape index (κ3) is 3.72. The second-order valence-corrected chi connectivity index (χ2v) is 5.92. The molecule has 134 valence electrons. The quantitative estimate of drug-likeness (QED) is 0.571. The molecule has 4 aromatic rings. The second kappa shape index (κ2) is 7.04. The third-order valence-corrected chi connectivity index (χ3v) is 3.80. The lowest BCUT2D eigenvalue weighted by molar-refractivity contribution is 0.430. The van der Waals surface area contributed by atoms with E-state index < -0.39 is 5.82 Å². The van der Waals surface area contributed by atoms with E-state index in [4.69, 9.17) is 21.9 Å². The molecule has 4 rings (SSSR count). The summed E-state index contributed by atoms with van der Waals surface area (Å²) in [5.41, 5.74) is 6.60. The van der Waals surface area contributed by atoms with Crippen LogP contribution in [0.1, 0.15) is 11.4 Å². The molecule has 0 fully saturated rings. The minimum absolute atomic E-state index is 0.0402. The smallest absolute Gasteiger partial charge is 0.276 e. The maximum atomic E-state index is 14.0. The lowest BCUT2D eigenvalue weighted by Gasteiger charge is -2.05. The van der Waals surface area contributed by atoms with E-state index in [2.05, 4.69) is 30.1 Å². The number of halogens is 2. The predicted molar refractivity (Wildman–Crippen MR) is 95.0 cm³/mol. The molecule has 8 nitrogen and oxygen atoms in total. The molecule has 3 heterocycles. The predicted octanol–water partition coefficient (Wildman–Crippen LogP) is 2.95. The van der Waals surface area contributed by atoms with E-state index >= 15 is 0 Å². The number of pyridine rings is 1. The summed E-state index contributed by atoms with van der Waals surface area (Å²) in [4.78, 5) is 20.7. The van der Waals surface area contributed by atoms with Crippen LogP contribution in [0, 0.1) is 5.82 Å². The maximum absolute atomic E-state index is 14.0. The first-order chi connectivity index (χ1) is 13.1. The second-order valence-electron chi connectivity index (χ2n) is 5.48. The first-order valence-electron chi connectivity index (χ1n) is 7.78. The standard InChI is InChI=1S/C17H11ClFN7O/c18-10-4-5-11(19)9(7-10)8-13-22-14(25-17(20)23-13)15-24-16(27-26-15)12-3-1-2-6-21-12/h1-7H,8H2,(H2,20,22,23,25). The molecule has 0 aliphatic rings. The molecule has 0 bridgehead atoms. The lowest BCUT2D eigenvalue weighted by atomic mass is 10.1. The average molecular weight is 384 g/mol. The van der Waals surface area contributed by atoms with Gasteiger partial charge >= 0.3 is 0 Å². The van der Waals surface area contributed by atoms with Crippen molar-refractivity contribution >= 4 is 17.5 Å². The maximum Gasteiger partial charge on any atom is 0.276 e. The topological polar surface area (TPSA) is 116 Å². The molecule has 0 saturated carbocycles. The molecule has 3 aromatic heterocycles. The first-order valence-corrected chi connectivity index (χ1v) is 8.16. The van der Waals surface area contributed by atoms with Crippen molar-refractivity contribution in [2.45, 2.75) is 6.42 Å². The summed E-state index contributed by atoms with van der Waals surface area (Å²) >= 11 is 5.92. The van der Waals surface area contributed by atoms with Gasteiger partial charge in [-0.15, -0.1) is 0 Å². The van der Waals surface area contributed by atoms with Gasteiger partial charge in [0.1, 0.15) is 17.3 Å². The van der Waals surface area contributed by atoms with Gasteiger partial charge in [-0.3, -0.25) is 4.98 Å². The van der Waals surface area contributed by atoms with Crippen molar-refractivity contribution in [3.8, 4) is 23.2 Å². The summed E-state index contributed by atoms with van der Waals surface area (Å²) in [6.45, 7) is 0. The fourth-order valence-corrected chi connectivity index (χ4v) is 2.57. The highest BCUT2D eigenvalue weighted by Gasteiger charge is 2.16. The van der Waals surface area contributed by atoms with Crippen LogP contribution >= 0.6 is 11.6 Å². The van der Waals surface area contributed by atoms with Gasteiger partial charge in [0.25, 0.3) is 5.89 Å². The van der Waals surface area contributed by atoms with Crippen molar-refractivity contribution in [2.75, 3.05) is 5.73 Å². The number of benzene rings is 1. The van der Waals surface area contributed by atoms with E-state index in [-0.39, 0.29) is 35.7 Å². The molecule has 0 aliphatic carbocycles. The van der Waals surface area contributed by atoms with Crippen LogP contribution in [0.25, 0.3) is 23.2 Å². The van der Waals surface area contributed by atoms with Crippen LogP contribution in [-0.4, -0.2) is 30.1 Å². The minimum atomic E-state index is -0.420. The van der Waals surface area contributed by atoms with E-state index in [9.17, 15) is 4.39 Å². The highest BCUT2D eigenvalue weighted by atomic mass is 35.5. The van der Waals surface area contributed by atoms with Gasteiger partial charge in [-0.25, -0.2) is 9.37 Å². The van der Waals surface area contributed by atoms with Crippen LogP contribution in [-0.2, 0) is 6.42 Å². The van der Waals surface area contributed by atoms with Gasteiger partial charge in [0.2, 0.25) is 17.6 Å². The van der Waals surface area contributed by atoms with E-state index in [1.165, 1.54) is 18.2 Å². The molecule has 0 aliphatic heterocycles. The molecule has 27 heavy (non-hydrogen) atoms. The summed E-state index contributed by atoms with van der Waals surface area (Å²) in [5, 5.41) is 4.26. The normalized spacial score (nSPS) is 10.9. The summed E-state index contributed by atoms with van der Waals surface area (Å²) in [5.74, 6) is 0.247. The monoisotopic (exact) mass is 383 g/mol. The zero-order valence-corrected chi connectivity index (χ0v) is 14.4. The SMILES string of the molecule is Nc1nc(Cc2cc(Cl)ccc2F)nc(-c2noc(-c3ccccn3)n2)n1. The zero-order valence-electron chi connectivity index (χ0n) is 13.7. The summed E-state index contributed by atoms with van der Waals surface area (Å²) in [7, 11) is 0. The molecule has 0 unspecified atom stereocenters. The van der Waals surface area contributed by atoms with Crippen molar-refractivity contribution < 1.29 is 8.91 Å². The number of nitrogens with two attached hydrogens (primary N) is 1. The number of hydrogen-bond acceptors (Lipinski definition) is 8. The van der Waals surface area contributed by atoms with Gasteiger partial charge in [0.05, 0.1) is 0 Å². The minimum Gasteiger partial charge on any atom is -0.368 e. The van der Waals surface area contributed by atoms with Gasteiger partial charge in [-0.2, -0.15) is 15.0 Å². The highest BCUT2D eigenvalue weighted by molar-refractivity contribution is 6.30. The Balaban J connectivity index is 1.67. The summed E-state index contributed by atoms with van der Waals surface area (Å²) in [6.07, 6.45) is 1.69. The molecule has 1 aromatic carbocycles. The van der Waals surface area contributed by atoms with Crippen LogP contribution in [0.2, 0.25) is 5.02 Å². The van der Waals surface area contributed by atoms with Gasteiger partial charge in [-0.05, 0) is 35.9 Å². The Morgan fingerprint density at radius 3 is 2.74 bits per heavy atom. The molecule has 10 heteroatoms. The Kier molecular flexibility index (Phi) is 4.43. The Morgan fingerprint density at radius 1 is 1.04 bits per heavy atom. The van der Waals surface area contributed by atoms with Crippen molar-refractivity contribution in [3.63, 3.8) is 0 Å². The van der Waals surface area contributed by atoms with Crippen molar-refractivity contribution in [2.24, 2.45) is 0 Å². The van der Waals surface area contributed by atoms with E-state index in [0.29, 0.717) is 16.3 Å². The van der Waals surface area contributed by atoms with Crippen LogP contribution < -0.4 is 5.73 Å². The van der Waals surface area contributed by atoms with Crippen LogP contribution in [0.15, 0.2) is 47.1 Å². The van der Waals surface area contributed by atoms with Gasteiger partial charge < -0.3 is 10.3 Å². The molecule has 0 atom stereocenters. The molecular weight excluding hydrogens is 373 g/mol. The summed E-state index contributed by atoms with van der Waals surface area (Å²) in [6, 6.07) is 9.55. The van der Waals surface area contributed by atoms with Crippen molar-refractivity contribution in [1.29, 1.82) is 0 Å². The number of hydrogen-bond donors (Lipinski definition) is 1. The number of nitrogen functional groups attached to an aromatic ring is 1. The number of aromatic nitrogens is 6. The number of nitrogens with zero attached hydrogens (tertiary/aromatic N) is 6. The van der Waals surface area contributed by atoms with Gasteiger partial charge in [-0.1, -0.05) is 22.8 Å². The van der Waals surface area contributed by atoms with Crippen molar-refractivity contribution in [1.82, 2.24) is 30.1 Å². The van der Waals surface area contributed by atoms with Crippen molar-refractivity contribution in [3.05, 3.63) is 64.8 Å². The number of rotatable bonds is 4. The Labute approximate surface area is 157 Å². The van der Waals surface area contributed by atoms with Crippen LogP contribution in [0.4, 0.5) is 10.3 Å². The molecule has 0 radical (unpaired) electrons. The molecule has 2 N–H and O–H groups in total. The fraction of sp³-hybridized carbons (Fsp3) is 0.0588. The summed E-state index contributed by atoms with van der Waals surface area (Å²) < 4.78 is 19.2. The van der Waals surface area contributed by atoms with Crippen LogP contribution in [0.3, 0.4) is 0 Å². The first kappa shape index (κ1) is 17.0. The van der Waals surface area contributed by atoms with E-state index in [0.717, 1.165) is 0 Å². The van der Waals surface area contributed by atoms with Crippen LogP contribution in [0.5, 0.6) is 0 Å². The Morgan fingerprint density at radius 2 is 1.93 bits per heavy atom. The number of anilines is 1. The Hall–Kier alpha value is -3.46. The molecule has 0 amide bonds. The zero-order chi connectivity index (χ0) is 18.8. The third-order valence-electron chi connectivity index (χ3n) is 3.57. The highest BCUT2D eigenvalue weighted by Crippen LogP contribution is 2.20. The lowest BCUT2D eigenvalue weighted by Crippen LogP contribution is -2.07. The largest absolute Gasteiger partial charge is 0.368 e. The molecule has 0 saturated heterocycles. The fourth-order valence-electron chi connectivity index (χ4n) is 2.37. The average Bonchev–Trinajstić information content (AvgIpc) is 3.15. The van der Waals surface area contributed by atoms with Gasteiger partial charge in [0.15, 0.2) is 0 Å². The van der Waals surface area contributed by atoms with E-state index in [1.54, 1.807) is 24.4 Å². The van der Waals surface area contributed by atoms with Gasteiger partial charge in [0, 0.05) is 17.6 Å². The van der Waals surface area contributed by atoms with E-state index in [1.807, 2.05) is 0 Å².